The van der Waals surface area contributed by atoms with Crippen molar-refractivity contribution in [1.82, 2.24) is 5.32 Å². The molecule has 2 aromatic carbocycles. The van der Waals surface area contributed by atoms with E-state index in [1.54, 1.807) is 0 Å². The van der Waals surface area contributed by atoms with E-state index in [9.17, 15) is 22.8 Å². The maximum absolute atomic E-state index is 14.9. The number of aliphatic hydroxyl groups is 1. The first-order chi connectivity index (χ1) is 15.8. The number of aliphatic hydroxyl groups excluding tert-OH is 1. The maximum atomic E-state index is 14.9. The molecule has 2 N–H and O–H groups in total. The second kappa shape index (κ2) is 9.10. The van der Waals surface area contributed by atoms with E-state index in [1.165, 1.54) is 19.1 Å². The van der Waals surface area contributed by atoms with Gasteiger partial charge in [-0.25, -0.2) is 18.0 Å². The van der Waals surface area contributed by atoms with Crippen molar-refractivity contribution in [3.63, 3.8) is 0 Å². The molecule has 1 saturated heterocycles. The molecule has 0 radical (unpaired) electrons. The Labute approximate surface area is 186 Å². The second-order valence-corrected chi connectivity index (χ2v) is 7.68. The van der Waals surface area contributed by atoms with Crippen LogP contribution >= 0.6 is 0 Å². The van der Waals surface area contributed by atoms with Gasteiger partial charge in [-0.3, -0.25) is 9.69 Å². The lowest BCUT2D eigenvalue weighted by molar-refractivity contribution is -0.119. The molecule has 11 heteroatoms. The van der Waals surface area contributed by atoms with Crippen molar-refractivity contribution < 1.29 is 37.4 Å². The third-order valence-electron chi connectivity index (χ3n) is 5.30. The number of carbonyl (C=O) groups is 2. The van der Waals surface area contributed by atoms with Gasteiger partial charge in [-0.05, 0) is 29.8 Å². The fourth-order valence-electron chi connectivity index (χ4n) is 3.68. The zero-order valence-corrected chi connectivity index (χ0v) is 17.5. The predicted molar refractivity (Wildman–Crippen MR) is 111 cm³/mol. The van der Waals surface area contributed by atoms with Gasteiger partial charge in [0.25, 0.3) is 0 Å². The van der Waals surface area contributed by atoms with Crippen LogP contribution in [0.5, 0.6) is 0 Å². The summed E-state index contributed by atoms with van der Waals surface area (Å²) in [4.78, 5) is 29.2. The molecule has 33 heavy (non-hydrogen) atoms. The summed E-state index contributed by atoms with van der Waals surface area (Å²) in [7, 11) is 0. The average molecular weight is 463 g/mol. The summed E-state index contributed by atoms with van der Waals surface area (Å²) in [5.41, 5.74) is -0.158. The number of oxime groups is 1. The van der Waals surface area contributed by atoms with Crippen molar-refractivity contribution in [1.29, 1.82) is 0 Å². The summed E-state index contributed by atoms with van der Waals surface area (Å²) in [6, 6.07) is 5.60. The minimum Gasteiger partial charge on any atom is -0.442 e. The van der Waals surface area contributed by atoms with Gasteiger partial charge >= 0.3 is 6.09 Å². The largest absolute Gasteiger partial charge is 0.442 e. The van der Waals surface area contributed by atoms with Gasteiger partial charge in [-0.1, -0.05) is 11.2 Å². The number of ether oxygens (including phenoxy) is 1. The van der Waals surface area contributed by atoms with Crippen LogP contribution in [-0.2, 0) is 14.4 Å². The number of halogens is 3. The third-order valence-corrected chi connectivity index (χ3v) is 5.30. The lowest BCUT2D eigenvalue weighted by atomic mass is 9.98. The summed E-state index contributed by atoms with van der Waals surface area (Å²) >= 11 is 0. The minimum atomic E-state index is -0.989. The van der Waals surface area contributed by atoms with E-state index in [2.05, 4.69) is 10.5 Å². The number of amides is 2. The molecule has 174 valence electrons. The molecule has 2 aliphatic rings. The third kappa shape index (κ3) is 4.63. The molecule has 0 aromatic heterocycles. The van der Waals surface area contributed by atoms with Crippen molar-refractivity contribution in [2.45, 2.75) is 25.6 Å². The Hall–Kier alpha value is -3.60. The molecule has 0 saturated carbocycles. The summed E-state index contributed by atoms with van der Waals surface area (Å²) in [5, 5.41) is 15.4. The Kier molecular flexibility index (Phi) is 6.23. The molecule has 2 aromatic rings. The number of anilines is 1. The molecule has 1 unspecified atom stereocenters. The van der Waals surface area contributed by atoms with Gasteiger partial charge in [0.1, 0.15) is 23.6 Å². The SMILES string of the molecule is CC(=O)NCC1CN(c2cc(F)c(-c3ccc(C4=NO[C@H](CO)C4)c(F)c3)c(F)c2)C(=O)O1. The molecule has 2 heterocycles. The van der Waals surface area contributed by atoms with Crippen LogP contribution < -0.4 is 10.2 Å². The molecular formula is C22H20F3N3O5. The molecule has 0 spiro atoms. The number of benzene rings is 2. The lowest BCUT2D eigenvalue weighted by Gasteiger charge is -2.16. The van der Waals surface area contributed by atoms with Crippen molar-refractivity contribution in [3.8, 4) is 11.1 Å². The van der Waals surface area contributed by atoms with E-state index >= 15 is 0 Å². The van der Waals surface area contributed by atoms with Crippen LogP contribution in [0, 0.1) is 17.5 Å². The Balaban J connectivity index is 1.56. The maximum Gasteiger partial charge on any atom is 0.414 e. The Morgan fingerprint density at radius 2 is 1.91 bits per heavy atom. The predicted octanol–water partition coefficient (Wildman–Crippen LogP) is 2.72. The molecule has 0 aliphatic carbocycles. The minimum absolute atomic E-state index is 0.000316. The number of nitrogens with zero attached hydrogens (tertiary/aromatic N) is 2. The number of rotatable bonds is 6. The van der Waals surface area contributed by atoms with E-state index in [0.29, 0.717) is 0 Å². The van der Waals surface area contributed by atoms with Crippen LogP contribution in [0.15, 0.2) is 35.5 Å². The monoisotopic (exact) mass is 463 g/mol. The van der Waals surface area contributed by atoms with Gasteiger partial charge in [0.05, 0.1) is 36.7 Å². The average Bonchev–Trinajstić information content (AvgIpc) is 3.38. The zero-order chi connectivity index (χ0) is 23.7. The summed E-state index contributed by atoms with van der Waals surface area (Å²) in [6.45, 7) is 1.11. The van der Waals surface area contributed by atoms with Crippen LogP contribution in [0.25, 0.3) is 11.1 Å². The van der Waals surface area contributed by atoms with E-state index in [1.807, 2.05) is 0 Å². The zero-order valence-electron chi connectivity index (χ0n) is 17.5. The van der Waals surface area contributed by atoms with Gasteiger partial charge in [-0.15, -0.1) is 0 Å². The normalized spacial score (nSPS) is 19.8. The highest BCUT2D eigenvalue weighted by molar-refractivity contribution is 6.01. The standard InChI is InChI=1S/C22H20F3N3O5/c1-11(30)26-8-15-9-28(22(31)32-15)13-5-18(24)21(19(25)6-13)12-2-3-16(17(23)4-12)20-7-14(10-29)33-27-20/h2-6,14-15,29H,7-10H2,1H3,(H,26,30)/t14-,15?/m0/s1. The highest BCUT2D eigenvalue weighted by Crippen LogP contribution is 2.33. The summed E-state index contributed by atoms with van der Waals surface area (Å²) in [5.74, 6) is -3.03. The van der Waals surface area contributed by atoms with Crippen molar-refractivity contribution in [2.24, 2.45) is 5.16 Å². The summed E-state index contributed by atoms with van der Waals surface area (Å²) in [6.07, 6.45) is -1.81. The van der Waals surface area contributed by atoms with Crippen LogP contribution in [0.2, 0.25) is 0 Å². The van der Waals surface area contributed by atoms with Gasteiger partial charge in [0.2, 0.25) is 5.91 Å². The number of hydrogen-bond acceptors (Lipinski definition) is 6. The van der Waals surface area contributed by atoms with Crippen molar-refractivity contribution in [2.75, 3.05) is 24.6 Å². The molecule has 4 rings (SSSR count). The van der Waals surface area contributed by atoms with Gasteiger partial charge < -0.3 is 20.0 Å². The smallest absolute Gasteiger partial charge is 0.414 e. The topological polar surface area (TPSA) is 100 Å². The van der Waals surface area contributed by atoms with Crippen LogP contribution in [0.1, 0.15) is 18.9 Å². The Morgan fingerprint density at radius 1 is 1.18 bits per heavy atom. The van der Waals surface area contributed by atoms with Gasteiger partial charge in [0, 0.05) is 18.9 Å². The van der Waals surface area contributed by atoms with E-state index < -0.39 is 41.3 Å². The van der Waals surface area contributed by atoms with E-state index in [0.717, 1.165) is 23.1 Å². The van der Waals surface area contributed by atoms with Crippen LogP contribution in [0.4, 0.5) is 23.7 Å². The molecule has 8 nitrogen and oxygen atoms in total. The fourth-order valence-corrected chi connectivity index (χ4v) is 3.68. The molecular weight excluding hydrogens is 443 g/mol. The molecule has 2 amide bonds. The van der Waals surface area contributed by atoms with Crippen molar-refractivity contribution in [3.05, 3.63) is 53.3 Å². The van der Waals surface area contributed by atoms with E-state index in [4.69, 9.17) is 14.7 Å². The van der Waals surface area contributed by atoms with Gasteiger partial charge in [0.15, 0.2) is 6.10 Å². The van der Waals surface area contributed by atoms with Crippen molar-refractivity contribution >= 4 is 23.4 Å². The summed E-state index contributed by atoms with van der Waals surface area (Å²) < 4.78 is 49.6. The van der Waals surface area contributed by atoms with Gasteiger partial charge in [-0.2, -0.15) is 0 Å². The number of nitrogens with one attached hydrogen (secondary N) is 1. The first-order valence-electron chi connectivity index (χ1n) is 10.1. The van der Waals surface area contributed by atoms with Crippen LogP contribution in [0.3, 0.4) is 0 Å². The van der Waals surface area contributed by atoms with Crippen LogP contribution in [-0.4, -0.2) is 54.7 Å². The number of cyclic esters (lactones) is 1. The quantitative estimate of drug-likeness (QED) is 0.686. The number of carbonyl (C=O) groups excluding carboxylic acids is 2. The highest BCUT2D eigenvalue weighted by atomic mass is 19.1. The lowest BCUT2D eigenvalue weighted by Crippen LogP contribution is -2.33. The fraction of sp³-hybridized carbons (Fsp3) is 0.318. The van der Waals surface area contributed by atoms with E-state index in [-0.39, 0.29) is 54.6 Å². The number of hydrogen-bond donors (Lipinski definition) is 2. The second-order valence-electron chi connectivity index (χ2n) is 7.68. The molecule has 0 bridgehead atoms. The first-order valence-corrected chi connectivity index (χ1v) is 10.1. The first kappa shape index (κ1) is 22.6. The molecule has 2 aliphatic heterocycles. The molecule has 2 atom stereocenters. The molecule has 1 fully saturated rings. The Morgan fingerprint density at radius 3 is 2.52 bits per heavy atom. The highest BCUT2D eigenvalue weighted by Gasteiger charge is 2.33. The Bertz CT molecular complexity index is 1120.